The lowest BCUT2D eigenvalue weighted by Crippen LogP contribution is -2.20. The summed E-state index contributed by atoms with van der Waals surface area (Å²) in [5, 5.41) is 8.99. The molecule has 0 fully saturated rings. The van der Waals surface area contributed by atoms with Crippen LogP contribution in [0.1, 0.15) is 21.6 Å². The zero-order valence-corrected chi connectivity index (χ0v) is 21.9. The van der Waals surface area contributed by atoms with Crippen LogP contribution in [-0.4, -0.2) is 57.5 Å². The summed E-state index contributed by atoms with van der Waals surface area (Å²) in [5.41, 5.74) is 0.225. The highest BCUT2D eigenvalue weighted by atomic mass is 32.2. The highest BCUT2D eigenvalue weighted by Gasteiger charge is 2.32. The van der Waals surface area contributed by atoms with E-state index >= 15 is 0 Å². The van der Waals surface area contributed by atoms with Gasteiger partial charge in [0, 0.05) is 11.8 Å². The van der Waals surface area contributed by atoms with Crippen molar-refractivity contribution >= 4 is 37.8 Å². The number of methoxy groups -OCH3 is 1. The van der Waals surface area contributed by atoms with Crippen LogP contribution in [0.2, 0.25) is 0 Å². The largest absolute Gasteiger partial charge is 0.495 e. The molecule has 2 heterocycles. The number of carboxylic acids is 1. The van der Waals surface area contributed by atoms with Gasteiger partial charge in [0.05, 0.1) is 46.0 Å². The normalized spacial score (nSPS) is 12.8. The van der Waals surface area contributed by atoms with E-state index in [4.69, 9.17) is 9.47 Å². The molecule has 2 aromatic carbocycles. The van der Waals surface area contributed by atoms with Gasteiger partial charge in [-0.05, 0) is 43.3 Å². The van der Waals surface area contributed by atoms with Gasteiger partial charge >= 0.3 is 12.1 Å². The molecule has 0 spiro atoms. The maximum atomic E-state index is 13.9. The summed E-state index contributed by atoms with van der Waals surface area (Å²) in [6.45, 7) is -0.0983. The molecule has 0 radical (unpaired) electrons. The lowest BCUT2D eigenvalue weighted by Gasteiger charge is -2.15. The second-order valence-electron chi connectivity index (χ2n) is 8.10. The van der Waals surface area contributed by atoms with Crippen molar-refractivity contribution in [2.24, 2.45) is 0 Å². The highest BCUT2D eigenvalue weighted by molar-refractivity contribution is 7.91. The summed E-state index contributed by atoms with van der Waals surface area (Å²) in [5.74, 6) is -2.05. The van der Waals surface area contributed by atoms with Crippen molar-refractivity contribution in [3.63, 3.8) is 0 Å². The average molecular weight is 584 g/mol. The summed E-state index contributed by atoms with van der Waals surface area (Å²) in [4.78, 5) is 19.4. The van der Waals surface area contributed by atoms with Crippen LogP contribution in [0.4, 0.5) is 13.2 Å². The molecule has 4 rings (SSSR count). The molecule has 206 valence electrons. The van der Waals surface area contributed by atoms with Crippen molar-refractivity contribution in [2.45, 2.75) is 28.9 Å². The fourth-order valence-corrected chi connectivity index (χ4v) is 6.91. The van der Waals surface area contributed by atoms with E-state index in [1.807, 2.05) is 0 Å². The minimum absolute atomic E-state index is 0.0653. The van der Waals surface area contributed by atoms with Gasteiger partial charge in [0.15, 0.2) is 6.61 Å². The lowest BCUT2D eigenvalue weighted by atomic mass is 10.2. The van der Waals surface area contributed by atoms with Crippen molar-refractivity contribution in [2.75, 3.05) is 13.7 Å². The summed E-state index contributed by atoms with van der Waals surface area (Å²) in [6, 6.07) is 10.6. The minimum atomic E-state index is -4.63. The van der Waals surface area contributed by atoms with E-state index in [0.717, 1.165) is 10.0 Å². The Kier molecular flexibility index (Phi) is 7.66. The number of nitrogens with zero attached hydrogens (tertiary/aromatic N) is 3. The standard InChI is InChI=1S/C24H20F3N3O7S2/c1-14-17(28-10-9-19(14)37-13-24(25,26)27)12-38(33)23-29-16-5-3-4-6-18(16)30(23)39(34,35)21-11-15(22(31)32)7-8-20(21)36-2/h3-11H,12-13H2,1-2H3,(H,31,32). The molecule has 0 aliphatic heterocycles. The monoisotopic (exact) mass is 583 g/mol. The number of hydrogen-bond donors (Lipinski definition) is 1. The molecule has 2 aromatic heterocycles. The Hall–Kier alpha value is -3.98. The van der Waals surface area contributed by atoms with Crippen LogP contribution >= 0.6 is 0 Å². The smallest absolute Gasteiger partial charge is 0.422 e. The molecule has 1 N–H and O–H groups in total. The molecule has 4 aromatic rings. The predicted octanol–water partition coefficient (Wildman–Crippen LogP) is 3.93. The SMILES string of the molecule is COc1ccc(C(=O)O)cc1S(=O)(=O)n1c(S(=O)Cc2nccc(OCC(F)(F)F)c2C)nc2ccccc21. The van der Waals surface area contributed by atoms with Crippen LogP contribution in [0.25, 0.3) is 11.0 Å². The van der Waals surface area contributed by atoms with Crippen LogP contribution in [-0.2, 0) is 26.6 Å². The first-order valence-corrected chi connectivity index (χ1v) is 13.8. The second-order valence-corrected chi connectivity index (χ2v) is 11.2. The third-order valence-corrected chi connectivity index (χ3v) is 8.60. The summed E-state index contributed by atoms with van der Waals surface area (Å²) in [7, 11) is -5.60. The summed E-state index contributed by atoms with van der Waals surface area (Å²) < 4.78 is 90.0. The molecular weight excluding hydrogens is 563 g/mol. The number of aromatic carboxylic acids is 1. The number of fused-ring (bicyclic) bond motifs is 1. The number of benzene rings is 2. The number of para-hydroxylation sites is 2. The maximum absolute atomic E-state index is 13.9. The van der Waals surface area contributed by atoms with E-state index in [-0.39, 0.29) is 39.4 Å². The molecule has 0 amide bonds. The van der Waals surface area contributed by atoms with Gasteiger partial charge in [-0.2, -0.15) is 13.2 Å². The van der Waals surface area contributed by atoms with E-state index in [1.165, 1.54) is 50.6 Å². The third-order valence-electron chi connectivity index (χ3n) is 5.54. The fourth-order valence-electron chi connectivity index (χ4n) is 3.68. The van der Waals surface area contributed by atoms with Crippen molar-refractivity contribution in [3.05, 3.63) is 71.5 Å². The first-order chi connectivity index (χ1) is 18.3. The fraction of sp³-hybridized carbons (Fsp3) is 0.208. The zero-order chi connectivity index (χ0) is 28.5. The van der Waals surface area contributed by atoms with Gasteiger partial charge in [-0.3, -0.25) is 9.19 Å². The molecular formula is C24H20F3N3O7S2. The third kappa shape index (κ3) is 5.73. The molecule has 0 aliphatic rings. The van der Waals surface area contributed by atoms with Gasteiger partial charge in [-0.25, -0.2) is 22.2 Å². The Morgan fingerprint density at radius 3 is 2.51 bits per heavy atom. The maximum Gasteiger partial charge on any atom is 0.422 e. The van der Waals surface area contributed by atoms with Crippen LogP contribution in [0.15, 0.2) is 64.8 Å². The van der Waals surface area contributed by atoms with Crippen molar-refractivity contribution in [3.8, 4) is 11.5 Å². The van der Waals surface area contributed by atoms with Crippen LogP contribution in [0.5, 0.6) is 11.5 Å². The molecule has 0 saturated carbocycles. The number of carboxylic acid groups (broad SMARTS) is 1. The number of aromatic nitrogens is 3. The van der Waals surface area contributed by atoms with Gasteiger partial charge < -0.3 is 14.6 Å². The second kappa shape index (κ2) is 10.6. The number of imidazole rings is 1. The van der Waals surface area contributed by atoms with Crippen LogP contribution in [0.3, 0.4) is 0 Å². The molecule has 1 atom stereocenters. The van der Waals surface area contributed by atoms with E-state index < -0.39 is 55.4 Å². The Morgan fingerprint density at radius 1 is 1.13 bits per heavy atom. The number of alkyl halides is 3. The number of pyridine rings is 1. The van der Waals surface area contributed by atoms with Crippen LogP contribution < -0.4 is 9.47 Å². The minimum Gasteiger partial charge on any atom is -0.495 e. The first kappa shape index (κ1) is 28.0. The number of carbonyl (C=O) groups is 1. The van der Waals surface area contributed by atoms with Gasteiger partial charge in [-0.1, -0.05) is 12.1 Å². The summed E-state index contributed by atoms with van der Waals surface area (Å²) in [6.07, 6.45) is -3.38. The number of hydrogen-bond acceptors (Lipinski definition) is 8. The Morgan fingerprint density at radius 2 is 1.85 bits per heavy atom. The highest BCUT2D eigenvalue weighted by Crippen LogP contribution is 2.32. The van der Waals surface area contributed by atoms with E-state index in [0.29, 0.717) is 0 Å². The van der Waals surface area contributed by atoms with Gasteiger partial charge in [0.25, 0.3) is 10.0 Å². The Balaban J connectivity index is 1.82. The van der Waals surface area contributed by atoms with Gasteiger partial charge in [0.2, 0.25) is 5.16 Å². The van der Waals surface area contributed by atoms with Crippen LogP contribution in [0, 0.1) is 6.92 Å². The molecule has 0 bridgehead atoms. The quantitative estimate of drug-likeness (QED) is 0.311. The topological polar surface area (TPSA) is 138 Å². The van der Waals surface area contributed by atoms with E-state index in [1.54, 1.807) is 12.1 Å². The Bertz CT molecular complexity index is 1700. The molecule has 0 aliphatic carbocycles. The van der Waals surface area contributed by atoms with Gasteiger partial charge in [-0.15, -0.1) is 0 Å². The molecule has 0 saturated heterocycles. The van der Waals surface area contributed by atoms with Crippen molar-refractivity contribution in [1.82, 2.24) is 13.9 Å². The molecule has 15 heteroatoms. The van der Waals surface area contributed by atoms with Crippen molar-refractivity contribution in [1.29, 1.82) is 0 Å². The number of halogens is 3. The van der Waals surface area contributed by atoms with Crippen molar-refractivity contribution < 1.29 is 45.2 Å². The summed E-state index contributed by atoms with van der Waals surface area (Å²) >= 11 is 0. The average Bonchev–Trinajstić information content (AvgIpc) is 3.29. The molecule has 39 heavy (non-hydrogen) atoms. The molecule has 1 unspecified atom stereocenters. The zero-order valence-electron chi connectivity index (χ0n) is 20.3. The number of ether oxygens (including phenoxy) is 2. The number of rotatable bonds is 9. The Labute approximate surface area is 222 Å². The predicted molar refractivity (Wildman–Crippen MR) is 133 cm³/mol. The first-order valence-electron chi connectivity index (χ1n) is 11.0. The van der Waals surface area contributed by atoms with E-state index in [9.17, 15) is 35.7 Å². The van der Waals surface area contributed by atoms with E-state index in [2.05, 4.69) is 9.97 Å². The lowest BCUT2D eigenvalue weighted by molar-refractivity contribution is -0.153. The van der Waals surface area contributed by atoms with Gasteiger partial charge in [0.1, 0.15) is 16.4 Å². The molecule has 10 nitrogen and oxygen atoms in total.